The third kappa shape index (κ3) is 12.5. The summed E-state index contributed by atoms with van der Waals surface area (Å²) in [6.45, 7) is 0. The molecule has 0 aliphatic rings. The molecule has 0 atom stereocenters. The zero-order chi connectivity index (χ0) is 25.1. The molecule has 0 aliphatic carbocycles. The van der Waals surface area contributed by atoms with Crippen LogP contribution in [0.5, 0.6) is 0 Å². The summed E-state index contributed by atoms with van der Waals surface area (Å²) in [6.07, 6.45) is 11.3. The molecule has 6 heteroatoms. The van der Waals surface area contributed by atoms with E-state index in [0.29, 0.717) is 0 Å². The monoisotopic (exact) mass is 544 g/mol. The van der Waals surface area contributed by atoms with Crippen molar-refractivity contribution in [1.82, 2.24) is 0 Å². The molecule has 0 saturated heterocycles. The standard InChI is InChI=1S/C18H15P.C12H16O4.Ni/c1-4-10-16(11-5-1)19(17-12-6-2-7-13-17)18-14-8-3-9-15-18;1-15-11(13)9-7-5-3-4-6-8-10-12(14)16-2;/h1-15H;5-10H,3-4H2,1-2H3;. The molecule has 0 aliphatic heterocycles. The summed E-state index contributed by atoms with van der Waals surface area (Å²) in [5.74, 6) is -0.739. The number of carbonyl (C=O) groups excluding carboxylic acids is 2. The van der Waals surface area contributed by atoms with Gasteiger partial charge in [-0.25, -0.2) is 0 Å². The second-order valence-corrected chi connectivity index (χ2v) is 9.38. The zero-order valence-corrected chi connectivity index (χ0v) is 22.3. The number of ether oxygens (including phenoxy) is 2. The van der Waals surface area contributed by atoms with Crippen LogP contribution in [0.2, 0.25) is 0 Å². The molecule has 0 aromatic heterocycles. The smallest absolute Gasteiger partial charge is 0.309 e. The number of esters is 2. The van der Waals surface area contributed by atoms with Crippen molar-refractivity contribution in [3.05, 3.63) is 130 Å². The molecule has 0 bridgehead atoms. The molecular formula is C30H31NiO4P. The van der Waals surface area contributed by atoms with Crippen LogP contribution in [0, 0.1) is 38.5 Å². The van der Waals surface area contributed by atoms with Crippen LogP contribution < -0.4 is 15.9 Å². The minimum atomic E-state index is -0.446. The second-order valence-electron chi connectivity index (χ2n) is 7.16. The Balaban J connectivity index is 0.000000357. The van der Waals surface area contributed by atoms with Gasteiger partial charge in [-0.3, -0.25) is 9.59 Å². The molecule has 3 aromatic carbocycles. The number of unbranched alkanes of at least 4 members (excludes halogenated alkanes) is 5. The van der Waals surface area contributed by atoms with Crippen LogP contribution in [-0.4, -0.2) is 26.2 Å². The number of methoxy groups -OCH3 is 2. The van der Waals surface area contributed by atoms with E-state index in [1.807, 2.05) is 12.8 Å². The fourth-order valence-electron chi connectivity index (χ4n) is 2.99. The van der Waals surface area contributed by atoms with E-state index < -0.39 is 7.92 Å². The van der Waals surface area contributed by atoms with Crippen molar-refractivity contribution in [3.63, 3.8) is 0 Å². The van der Waals surface area contributed by atoms with Gasteiger partial charge >= 0.3 is 11.9 Å². The summed E-state index contributed by atoms with van der Waals surface area (Å²) < 4.78 is 8.84. The van der Waals surface area contributed by atoms with E-state index in [1.54, 1.807) is 12.8 Å². The molecule has 6 radical (unpaired) electrons. The van der Waals surface area contributed by atoms with Crippen molar-refractivity contribution in [2.45, 2.75) is 12.8 Å². The number of rotatable bonds is 12. The third-order valence-corrected chi connectivity index (χ3v) is 7.13. The van der Waals surface area contributed by atoms with E-state index in [2.05, 4.69) is 100 Å². The molecule has 0 amide bonds. The summed E-state index contributed by atoms with van der Waals surface area (Å²) in [5.41, 5.74) is 0. The average Bonchev–Trinajstić information content (AvgIpc) is 2.92. The Morgan fingerprint density at radius 2 is 0.917 bits per heavy atom. The minimum Gasteiger partial charge on any atom is -0.469 e. The quantitative estimate of drug-likeness (QED) is 0.142. The summed E-state index contributed by atoms with van der Waals surface area (Å²) in [6, 6.07) is 32.3. The van der Waals surface area contributed by atoms with Crippen LogP contribution in [-0.2, 0) is 35.6 Å². The van der Waals surface area contributed by atoms with Crippen molar-refractivity contribution in [1.29, 1.82) is 0 Å². The number of benzene rings is 3. The van der Waals surface area contributed by atoms with E-state index in [1.165, 1.54) is 43.0 Å². The Bertz CT molecular complexity index is 852. The molecular weight excluding hydrogens is 514 g/mol. The molecule has 0 fully saturated rings. The normalized spacial score (nSPS) is 9.97. The van der Waals surface area contributed by atoms with E-state index in [9.17, 15) is 9.59 Å². The minimum absolute atomic E-state index is 0. The van der Waals surface area contributed by atoms with Crippen LogP contribution in [0.25, 0.3) is 0 Å². The molecule has 3 aromatic rings. The van der Waals surface area contributed by atoms with Gasteiger partial charge in [0.05, 0.1) is 27.1 Å². The molecule has 0 saturated carbocycles. The van der Waals surface area contributed by atoms with E-state index in [0.717, 1.165) is 12.8 Å². The first-order valence-electron chi connectivity index (χ1n) is 11.3. The van der Waals surface area contributed by atoms with Crippen molar-refractivity contribution in [3.8, 4) is 0 Å². The van der Waals surface area contributed by atoms with Crippen LogP contribution in [0.3, 0.4) is 0 Å². The van der Waals surface area contributed by atoms with Crippen molar-refractivity contribution in [2.75, 3.05) is 14.2 Å². The Hall–Kier alpha value is -2.48. The van der Waals surface area contributed by atoms with Crippen LogP contribution >= 0.6 is 7.92 Å². The average molecular weight is 545 g/mol. The van der Waals surface area contributed by atoms with E-state index in [-0.39, 0.29) is 28.4 Å². The Labute approximate surface area is 227 Å². The molecule has 0 spiro atoms. The maximum Gasteiger partial charge on any atom is 0.309 e. The number of hydrogen-bond acceptors (Lipinski definition) is 4. The maximum atomic E-state index is 10.7. The molecule has 0 heterocycles. The number of carbonyl (C=O) groups is 2. The first kappa shape index (κ1) is 31.6. The Kier molecular flexibility index (Phi) is 17.3. The molecule has 3 rings (SSSR count). The SMILES string of the molecule is COC(=O)[CH][CH][CH]CC[CH][CH][CH]C(=O)OC.[Ni].c1ccc(P(c2ccccc2)c2ccccc2)cc1. The predicted octanol–water partition coefficient (Wildman–Crippen LogP) is 4.78. The molecule has 0 N–H and O–H groups in total. The van der Waals surface area contributed by atoms with Gasteiger partial charge in [0.2, 0.25) is 0 Å². The number of hydrogen-bond donors (Lipinski definition) is 0. The van der Waals surface area contributed by atoms with Crippen LogP contribution in [0.1, 0.15) is 12.8 Å². The maximum absolute atomic E-state index is 10.7. The van der Waals surface area contributed by atoms with Gasteiger partial charge in [0, 0.05) is 16.5 Å². The van der Waals surface area contributed by atoms with E-state index in [4.69, 9.17) is 0 Å². The largest absolute Gasteiger partial charge is 0.469 e. The van der Waals surface area contributed by atoms with Gasteiger partial charge in [-0.05, 0) is 62.4 Å². The van der Waals surface area contributed by atoms with Gasteiger partial charge in [0.25, 0.3) is 0 Å². The van der Waals surface area contributed by atoms with Crippen LogP contribution in [0.4, 0.5) is 0 Å². The molecule has 4 nitrogen and oxygen atoms in total. The topological polar surface area (TPSA) is 52.6 Å². The Morgan fingerprint density at radius 3 is 1.19 bits per heavy atom. The Morgan fingerprint density at radius 1 is 0.611 bits per heavy atom. The summed E-state index contributed by atoms with van der Waals surface area (Å²) in [5, 5.41) is 4.19. The first-order valence-corrected chi connectivity index (χ1v) is 12.6. The summed E-state index contributed by atoms with van der Waals surface area (Å²) in [7, 11) is 2.22. The molecule has 190 valence electrons. The summed E-state index contributed by atoms with van der Waals surface area (Å²) in [4.78, 5) is 21.3. The van der Waals surface area contributed by atoms with Crippen molar-refractivity contribution < 1.29 is 35.6 Å². The third-order valence-electron chi connectivity index (χ3n) is 4.68. The fourth-order valence-corrected chi connectivity index (χ4v) is 5.30. The molecule has 36 heavy (non-hydrogen) atoms. The van der Waals surface area contributed by atoms with Gasteiger partial charge in [0.15, 0.2) is 0 Å². The zero-order valence-electron chi connectivity index (χ0n) is 20.4. The summed E-state index contributed by atoms with van der Waals surface area (Å²) >= 11 is 0. The van der Waals surface area contributed by atoms with Crippen molar-refractivity contribution >= 4 is 35.8 Å². The van der Waals surface area contributed by atoms with Gasteiger partial charge in [-0.2, -0.15) is 0 Å². The van der Waals surface area contributed by atoms with Gasteiger partial charge < -0.3 is 9.47 Å². The van der Waals surface area contributed by atoms with E-state index >= 15 is 0 Å². The molecule has 0 unspecified atom stereocenters. The van der Waals surface area contributed by atoms with Gasteiger partial charge in [-0.1, -0.05) is 91.0 Å². The van der Waals surface area contributed by atoms with Gasteiger partial charge in [0.1, 0.15) is 0 Å². The van der Waals surface area contributed by atoms with Crippen LogP contribution in [0.15, 0.2) is 91.0 Å². The fraction of sp³-hybridized carbons (Fsp3) is 0.133. The van der Waals surface area contributed by atoms with Crippen molar-refractivity contribution in [2.24, 2.45) is 0 Å². The second kappa shape index (κ2) is 19.7. The first-order chi connectivity index (χ1) is 17.2. The van der Waals surface area contributed by atoms with Gasteiger partial charge in [-0.15, -0.1) is 0 Å². The predicted molar refractivity (Wildman–Crippen MR) is 144 cm³/mol.